The molecule has 1 atom stereocenters. The van der Waals surface area contributed by atoms with Gasteiger partial charge >= 0.3 is 0 Å². The largest absolute Gasteiger partial charge is 0.337 e. The van der Waals surface area contributed by atoms with Crippen LogP contribution < -0.4 is 0 Å². The summed E-state index contributed by atoms with van der Waals surface area (Å²) in [6.07, 6.45) is 4.16. The maximum atomic E-state index is 13.1. The van der Waals surface area contributed by atoms with E-state index in [9.17, 15) is 9.18 Å². The lowest BCUT2D eigenvalue weighted by molar-refractivity contribution is -0.131. The molecule has 1 aromatic heterocycles. The standard InChI is InChI=1S/C21H20FN3O/c1-24-12-17(11-23-24)20-14-25(13-16-4-2-3-5-19(16)20)21(26)10-15-6-8-18(22)9-7-15/h2-9,11-12,20H,10,13-14H2,1H3. The number of carbonyl (C=O) groups is 1. The van der Waals surface area contributed by atoms with E-state index >= 15 is 0 Å². The third kappa shape index (κ3) is 3.25. The highest BCUT2D eigenvalue weighted by Crippen LogP contribution is 2.33. The summed E-state index contributed by atoms with van der Waals surface area (Å²) in [5, 5.41) is 4.29. The molecule has 4 nitrogen and oxygen atoms in total. The minimum absolute atomic E-state index is 0.0556. The number of aromatic nitrogens is 2. The number of hydrogen-bond acceptors (Lipinski definition) is 2. The number of aryl methyl sites for hydroxylation is 1. The van der Waals surface area contributed by atoms with E-state index in [-0.39, 0.29) is 24.1 Å². The molecule has 26 heavy (non-hydrogen) atoms. The first-order valence-electron chi connectivity index (χ1n) is 8.69. The van der Waals surface area contributed by atoms with Crippen LogP contribution in [0.3, 0.4) is 0 Å². The van der Waals surface area contributed by atoms with Crippen molar-refractivity contribution in [3.63, 3.8) is 0 Å². The molecule has 1 amide bonds. The molecular formula is C21H20FN3O. The lowest BCUT2D eigenvalue weighted by atomic mass is 9.86. The van der Waals surface area contributed by atoms with Gasteiger partial charge in [0.1, 0.15) is 5.82 Å². The Hall–Kier alpha value is -2.95. The molecule has 3 aromatic rings. The number of fused-ring (bicyclic) bond motifs is 1. The van der Waals surface area contributed by atoms with E-state index in [1.165, 1.54) is 23.3 Å². The average molecular weight is 349 g/mol. The van der Waals surface area contributed by atoms with Gasteiger partial charge in [-0.05, 0) is 34.4 Å². The van der Waals surface area contributed by atoms with Crippen molar-refractivity contribution < 1.29 is 9.18 Å². The molecule has 0 saturated carbocycles. The number of carbonyl (C=O) groups excluding carboxylic acids is 1. The second-order valence-corrected chi connectivity index (χ2v) is 6.78. The van der Waals surface area contributed by atoms with Crippen molar-refractivity contribution in [3.8, 4) is 0 Å². The molecule has 0 fully saturated rings. The molecule has 1 aliphatic heterocycles. The van der Waals surface area contributed by atoms with Crippen molar-refractivity contribution in [1.29, 1.82) is 0 Å². The van der Waals surface area contributed by atoms with E-state index in [0.717, 1.165) is 11.1 Å². The summed E-state index contributed by atoms with van der Waals surface area (Å²) in [4.78, 5) is 14.7. The van der Waals surface area contributed by atoms with E-state index < -0.39 is 0 Å². The molecule has 1 unspecified atom stereocenters. The van der Waals surface area contributed by atoms with Gasteiger partial charge in [-0.1, -0.05) is 36.4 Å². The predicted molar refractivity (Wildman–Crippen MR) is 97.0 cm³/mol. The molecule has 1 aliphatic rings. The van der Waals surface area contributed by atoms with Gasteiger partial charge in [0.2, 0.25) is 5.91 Å². The van der Waals surface area contributed by atoms with Gasteiger partial charge in [-0.15, -0.1) is 0 Å². The maximum absolute atomic E-state index is 13.1. The zero-order valence-corrected chi connectivity index (χ0v) is 14.6. The number of nitrogens with zero attached hydrogens (tertiary/aromatic N) is 3. The topological polar surface area (TPSA) is 38.1 Å². The van der Waals surface area contributed by atoms with Crippen molar-refractivity contribution in [3.05, 3.63) is 89.0 Å². The van der Waals surface area contributed by atoms with Crippen LogP contribution in [0.2, 0.25) is 0 Å². The molecule has 0 bridgehead atoms. The van der Waals surface area contributed by atoms with E-state index in [1.807, 2.05) is 36.5 Å². The van der Waals surface area contributed by atoms with Crippen LogP contribution in [0.1, 0.15) is 28.2 Å². The van der Waals surface area contributed by atoms with Crippen molar-refractivity contribution in [2.75, 3.05) is 6.54 Å². The summed E-state index contributed by atoms with van der Waals surface area (Å²) in [7, 11) is 1.90. The van der Waals surface area contributed by atoms with Crippen LogP contribution in [-0.2, 0) is 24.8 Å². The smallest absolute Gasteiger partial charge is 0.227 e. The molecule has 5 heteroatoms. The first-order valence-corrected chi connectivity index (χ1v) is 8.69. The van der Waals surface area contributed by atoms with Gasteiger partial charge in [0, 0.05) is 32.3 Å². The highest BCUT2D eigenvalue weighted by Gasteiger charge is 2.29. The summed E-state index contributed by atoms with van der Waals surface area (Å²) >= 11 is 0. The minimum atomic E-state index is -0.287. The minimum Gasteiger partial charge on any atom is -0.337 e. The van der Waals surface area contributed by atoms with Crippen LogP contribution >= 0.6 is 0 Å². The van der Waals surface area contributed by atoms with E-state index in [4.69, 9.17) is 0 Å². The highest BCUT2D eigenvalue weighted by atomic mass is 19.1. The number of rotatable bonds is 3. The Kier molecular flexibility index (Phi) is 4.29. The second-order valence-electron chi connectivity index (χ2n) is 6.78. The van der Waals surface area contributed by atoms with Crippen LogP contribution in [0.5, 0.6) is 0 Å². The van der Waals surface area contributed by atoms with Gasteiger partial charge in [-0.25, -0.2) is 4.39 Å². The van der Waals surface area contributed by atoms with E-state index in [1.54, 1.807) is 16.8 Å². The molecule has 0 saturated heterocycles. The van der Waals surface area contributed by atoms with Crippen LogP contribution in [0, 0.1) is 5.82 Å². The zero-order chi connectivity index (χ0) is 18.1. The van der Waals surface area contributed by atoms with Crippen molar-refractivity contribution in [2.45, 2.75) is 18.9 Å². The van der Waals surface area contributed by atoms with Crippen molar-refractivity contribution >= 4 is 5.91 Å². The summed E-state index contributed by atoms with van der Waals surface area (Å²) in [5.41, 5.74) is 4.36. The summed E-state index contributed by atoms with van der Waals surface area (Å²) in [6.45, 7) is 1.23. The highest BCUT2D eigenvalue weighted by molar-refractivity contribution is 5.79. The molecular weight excluding hydrogens is 329 g/mol. The van der Waals surface area contributed by atoms with Crippen LogP contribution in [0.25, 0.3) is 0 Å². The Morgan fingerprint density at radius 2 is 1.96 bits per heavy atom. The van der Waals surface area contributed by atoms with E-state index in [0.29, 0.717) is 13.1 Å². The van der Waals surface area contributed by atoms with Crippen molar-refractivity contribution in [1.82, 2.24) is 14.7 Å². The Morgan fingerprint density at radius 1 is 1.19 bits per heavy atom. The number of benzene rings is 2. The lowest BCUT2D eigenvalue weighted by Crippen LogP contribution is -2.39. The van der Waals surface area contributed by atoms with Gasteiger partial charge < -0.3 is 4.90 Å². The fourth-order valence-corrected chi connectivity index (χ4v) is 3.59. The van der Waals surface area contributed by atoms with Crippen LogP contribution in [0.15, 0.2) is 60.9 Å². The fraction of sp³-hybridized carbons (Fsp3) is 0.238. The third-order valence-electron chi connectivity index (χ3n) is 4.94. The molecule has 0 N–H and O–H groups in total. The lowest BCUT2D eigenvalue weighted by Gasteiger charge is -2.34. The van der Waals surface area contributed by atoms with Crippen LogP contribution in [-0.4, -0.2) is 27.1 Å². The third-order valence-corrected chi connectivity index (χ3v) is 4.94. The molecule has 2 heterocycles. The number of amides is 1. The summed E-state index contributed by atoms with van der Waals surface area (Å²) < 4.78 is 14.9. The molecule has 0 spiro atoms. The molecule has 4 rings (SSSR count). The Morgan fingerprint density at radius 3 is 2.69 bits per heavy atom. The van der Waals surface area contributed by atoms with Crippen LogP contribution in [0.4, 0.5) is 4.39 Å². The number of halogens is 1. The Labute approximate surface area is 151 Å². The Bertz CT molecular complexity index is 932. The molecule has 0 radical (unpaired) electrons. The normalized spacial score (nSPS) is 16.4. The summed E-state index contributed by atoms with van der Waals surface area (Å²) in [6, 6.07) is 14.4. The molecule has 0 aliphatic carbocycles. The second kappa shape index (κ2) is 6.75. The molecule has 2 aromatic carbocycles. The summed E-state index contributed by atoms with van der Waals surface area (Å²) in [5.74, 6) is -0.115. The quantitative estimate of drug-likeness (QED) is 0.728. The fourth-order valence-electron chi connectivity index (χ4n) is 3.59. The van der Waals surface area contributed by atoms with Crippen molar-refractivity contribution in [2.24, 2.45) is 7.05 Å². The zero-order valence-electron chi connectivity index (χ0n) is 14.6. The van der Waals surface area contributed by atoms with Gasteiger partial charge in [-0.3, -0.25) is 9.48 Å². The molecule has 132 valence electrons. The maximum Gasteiger partial charge on any atom is 0.227 e. The first kappa shape index (κ1) is 16.5. The van der Waals surface area contributed by atoms with E-state index in [2.05, 4.69) is 17.2 Å². The average Bonchev–Trinajstić information content (AvgIpc) is 3.09. The van der Waals surface area contributed by atoms with Gasteiger partial charge in [-0.2, -0.15) is 5.10 Å². The predicted octanol–water partition coefficient (Wildman–Crippen LogP) is 3.28. The Balaban J connectivity index is 1.60. The number of hydrogen-bond donors (Lipinski definition) is 0. The monoisotopic (exact) mass is 349 g/mol. The first-order chi connectivity index (χ1) is 12.6. The van der Waals surface area contributed by atoms with Gasteiger partial charge in [0.25, 0.3) is 0 Å². The van der Waals surface area contributed by atoms with Gasteiger partial charge in [0.05, 0.1) is 12.6 Å². The van der Waals surface area contributed by atoms with Gasteiger partial charge in [0.15, 0.2) is 0 Å². The SMILES string of the molecule is Cn1cc(C2CN(C(=O)Cc3ccc(F)cc3)Cc3ccccc32)cn1.